The van der Waals surface area contributed by atoms with Gasteiger partial charge in [-0.05, 0) is 82.1 Å². The van der Waals surface area contributed by atoms with Crippen LogP contribution in [-0.2, 0) is 0 Å². The summed E-state index contributed by atoms with van der Waals surface area (Å²) < 4.78 is 13.0. The van der Waals surface area contributed by atoms with Crippen molar-refractivity contribution in [2.45, 2.75) is 0 Å². The molecular formula is C52H33NO2. The van der Waals surface area contributed by atoms with Crippen molar-refractivity contribution >= 4 is 71.7 Å². The molecule has 0 fully saturated rings. The third-order valence-corrected chi connectivity index (χ3v) is 10.9. The summed E-state index contributed by atoms with van der Waals surface area (Å²) in [5.74, 6) is 0. The molecular weight excluding hydrogens is 671 g/mol. The molecule has 0 aliphatic carbocycles. The second-order valence-corrected chi connectivity index (χ2v) is 14.1. The SMILES string of the molecule is c1ccc(-c2ccccc2N(c2ccc(-c3ccc4c(c3)oc3ccccc34)cc2)c2ccccc2-c2cccc3c2oc2cc4ccccc4cc23)cc1. The summed E-state index contributed by atoms with van der Waals surface area (Å²) in [5.41, 5.74) is 13.4. The maximum atomic E-state index is 6.77. The summed E-state index contributed by atoms with van der Waals surface area (Å²) in [4.78, 5) is 2.39. The number of nitrogens with zero attached hydrogens (tertiary/aromatic N) is 1. The zero-order chi connectivity index (χ0) is 36.3. The number of benzene rings is 9. The van der Waals surface area contributed by atoms with Gasteiger partial charge in [0, 0.05) is 43.9 Å². The molecule has 0 saturated carbocycles. The lowest BCUT2D eigenvalue weighted by Crippen LogP contribution is -2.12. The summed E-state index contributed by atoms with van der Waals surface area (Å²) in [6.45, 7) is 0. The van der Waals surface area contributed by atoms with Gasteiger partial charge >= 0.3 is 0 Å². The normalized spacial score (nSPS) is 11.6. The Morgan fingerprint density at radius 3 is 1.75 bits per heavy atom. The zero-order valence-electron chi connectivity index (χ0n) is 29.8. The molecule has 0 aliphatic rings. The van der Waals surface area contributed by atoms with E-state index in [2.05, 4.69) is 193 Å². The highest BCUT2D eigenvalue weighted by Gasteiger charge is 2.23. The smallest absolute Gasteiger partial charge is 0.143 e. The molecule has 3 heteroatoms. The summed E-state index contributed by atoms with van der Waals surface area (Å²) >= 11 is 0. The van der Waals surface area contributed by atoms with Crippen LogP contribution in [0.2, 0.25) is 0 Å². The fourth-order valence-electron chi connectivity index (χ4n) is 8.24. The van der Waals surface area contributed by atoms with Crippen molar-refractivity contribution < 1.29 is 8.83 Å². The molecule has 0 saturated heterocycles. The molecule has 0 aliphatic heterocycles. The van der Waals surface area contributed by atoms with Crippen molar-refractivity contribution in [1.29, 1.82) is 0 Å². The number of anilines is 3. The second-order valence-electron chi connectivity index (χ2n) is 14.1. The number of para-hydroxylation sites is 4. The molecule has 0 unspecified atom stereocenters. The first-order valence-corrected chi connectivity index (χ1v) is 18.7. The van der Waals surface area contributed by atoms with Crippen molar-refractivity contribution in [3.63, 3.8) is 0 Å². The molecule has 3 nitrogen and oxygen atoms in total. The molecule has 11 rings (SSSR count). The Bertz CT molecular complexity index is 3210. The Hall–Kier alpha value is -7.36. The molecule has 2 aromatic heterocycles. The molecule has 0 bridgehead atoms. The van der Waals surface area contributed by atoms with Gasteiger partial charge in [0.05, 0.1) is 11.4 Å². The monoisotopic (exact) mass is 703 g/mol. The van der Waals surface area contributed by atoms with E-state index in [1.165, 1.54) is 10.8 Å². The highest BCUT2D eigenvalue weighted by Crippen LogP contribution is 2.47. The largest absolute Gasteiger partial charge is 0.456 e. The van der Waals surface area contributed by atoms with Crippen LogP contribution >= 0.6 is 0 Å². The van der Waals surface area contributed by atoms with Crippen LogP contribution in [0.4, 0.5) is 17.1 Å². The number of hydrogen-bond donors (Lipinski definition) is 0. The predicted octanol–water partition coefficient (Wildman–Crippen LogP) is 15.1. The Labute approximate surface area is 317 Å². The fourth-order valence-corrected chi connectivity index (χ4v) is 8.24. The summed E-state index contributed by atoms with van der Waals surface area (Å²) in [5, 5.41) is 6.86. The fraction of sp³-hybridized carbons (Fsp3) is 0. The van der Waals surface area contributed by atoms with Crippen LogP contribution in [0, 0.1) is 0 Å². The van der Waals surface area contributed by atoms with Gasteiger partial charge in [-0.15, -0.1) is 0 Å². The molecule has 11 aromatic rings. The van der Waals surface area contributed by atoms with E-state index < -0.39 is 0 Å². The van der Waals surface area contributed by atoms with Crippen molar-refractivity contribution in [2.75, 3.05) is 4.90 Å². The first-order valence-electron chi connectivity index (χ1n) is 18.7. The van der Waals surface area contributed by atoms with Crippen LogP contribution in [-0.4, -0.2) is 0 Å². The lowest BCUT2D eigenvalue weighted by atomic mass is 9.97. The van der Waals surface area contributed by atoms with Crippen molar-refractivity contribution in [1.82, 2.24) is 0 Å². The lowest BCUT2D eigenvalue weighted by Gasteiger charge is -2.30. The minimum absolute atomic E-state index is 0.882. The molecule has 2 heterocycles. The van der Waals surface area contributed by atoms with E-state index in [1.54, 1.807) is 0 Å². The molecule has 9 aromatic carbocycles. The Morgan fingerprint density at radius 2 is 0.909 bits per heavy atom. The third kappa shape index (κ3) is 5.20. The van der Waals surface area contributed by atoms with Gasteiger partial charge in [-0.2, -0.15) is 0 Å². The predicted molar refractivity (Wildman–Crippen MR) is 229 cm³/mol. The van der Waals surface area contributed by atoms with Crippen LogP contribution in [0.1, 0.15) is 0 Å². The lowest BCUT2D eigenvalue weighted by molar-refractivity contribution is 0.669. The molecule has 0 radical (unpaired) electrons. The van der Waals surface area contributed by atoms with E-state index in [4.69, 9.17) is 8.83 Å². The molecule has 258 valence electrons. The Morgan fingerprint density at radius 1 is 0.309 bits per heavy atom. The molecule has 55 heavy (non-hydrogen) atoms. The second kappa shape index (κ2) is 12.6. The van der Waals surface area contributed by atoms with Gasteiger partial charge in [0.15, 0.2) is 0 Å². The average Bonchev–Trinajstić information content (AvgIpc) is 3.81. The average molecular weight is 704 g/mol. The van der Waals surface area contributed by atoms with Gasteiger partial charge in [0.25, 0.3) is 0 Å². The van der Waals surface area contributed by atoms with Crippen LogP contribution < -0.4 is 4.90 Å². The van der Waals surface area contributed by atoms with Crippen molar-refractivity contribution in [3.05, 3.63) is 200 Å². The van der Waals surface area contributed by atoms with E-state index in [0.29, 0.717) is 0 Å². The van der Waals surface area contributed by atoms with E-state index in [1.807, 2.05) is 12.1 Å². The Kier molecular flexibility index (Phi) is 7.17. The van der Waals surface area contributed by atoms with E-state index >= 15 is 0 Å². The first kappa shape index (κ1) is 31.2. The third-order valence-electron chi connectivity index (χ3n) is 10.9. The molecule has 0 spiro atoms. The highest BCUT2D eigenvalue weighted by atomic mass is 16.3. The minimum atomic E-state index is 0.882. The molecule has 0 N–H and O–H groups in total. The Balaban J connectivity index is 1.09. The summed E-state index contributed by atoms with van der Waals surface area (Å²) in [6.07, 6.45) is 0. The van der Waals surface area contributed by atoms with E-state index in [-0.39, 0.29) is 0 Å². The maximum Gasteiger partial charge on any atom is 0.143 e. The highest BCUT2D eigenvalue weighted by molar-refractivity contribution is 6.14. The summed E-state index contributed by atoms with van der Waals surface area (Å²) in [6, 6.07) is 71.0. The van der Waals surface area contributed by atoms with Gasteiger partial charge in [0.2, 0.25) is 0 Å². The number of fused-ring (bicyclic) bond motifs is 7. The van der Waals surface area contributed by atoms with Crippen LogP contribution in [0.25, 0.3) is 88.0 Å². The van der Waals surface area contributed by atoms with Gasteiger partial charge in [-0.1, -0.05) is 146 Å². The van der Waals surface area contributed by atoms with Crippen LogP contribution in [0.5, 0.6) is 0 Å². The topological polar surface area (TPSA) is 29.5 Å². The number of hydrogen-bond acceptors (Lipinski definition) is 3. The van der Waals surface area contributed by atoms with Crippen molar-refractivity contribution in [2.24, 2.45) is 0 Å². The van der Waals surface area contributed by atoms with E-state index in [0.717, 1.165) is 94.3 Å². The van der Waals surface area contributed by atoms with Crippen LogP contribution in [0.15, 0.2) is 209 Å². The number of rotatable bonds is 6. The first-order chi connectivity index (χ1) is 27.3. The maximum absolute atomic E-state index is 6.77. The van der Waals surface area contributed by atoms with Crippen molar-refractivity contribution in [3.8, 4) is 33.4 Å². The number of furan rings is 2. The standard InChI is InChI=1S/C52H33NO2/c1-2-13-35(14-3-1)40-17-6-9-22-47(40)53(39-28-25-34(26-29-39)38-27-30-43-42-19-8-11-24-49(42)54-50(43)33-38)48-23-10-7-18-41(48)44-20-12-21-45-46-31-36-15-4-5-16-37(36)32-51(46)55-52(44)45/h1-33H. The van der Waals surface area contributed by atoms with Gasteiger partial charge in [-0.25, -0.2) is 0 Å². The van der Waals surface area contributed by atoms with Gasteiger partial charge < -0.3 is 13.7 Å². The minimum Gasteiger partial charge on any atom is -0.456 e. The molecule has 0 atom stereocenters. The summed E-state index contributed by atoms with van der Waals surface area (Å²) in [7, 11) is 0. The molecule has 0 amide bonds. The van der Waals surface area contributed by atoms with Gasteiger partial charge in [-0.3, -0.25) is 0 Å². The zero-order valence-corrected chi connectivity index (χ0v) is 29.8. The van der Waals surface area contributed by atoms with Crippen LogP contribution in [0.3, 0.4) is 0 Å². The quantitative estimate of drug-likeness (QED) is 0.173. The van der Waals surface area contributed by atoms with E-state index in [9.17, 15) is 0 Å². The van der Waals surface area contributed by atoms with Gasteiger partial charge in [0.1, 0.15) is 22.3 Å².